The highest BCUT2D eigenvalue weighted by atomic mass is 14.5. The van der Waals surface area contributed by atoms with Gasteiger partial charge < -0.3 is 0 Å². The zero-order valence-electron chi connectivity index (χ0n) is 55.8. The van der Waals surface area contributed by atoms with Crippen LogP contribution in [0.3, 0.4) is 0 Å². The quantitative estimate of drug-likeness (QED) is 0.171. The van der Waals surface area contributed by atoms with Gasteiger partial charge in [0.1, 0.15) is 0 Å². The van der Waals surface area contributed by atoms with Gasteiger partial charge in [-0.15, -0.1) is 0 Å². The minimum absolute atomic E-state index is 0.500. The SMILES string of the molecule is CC(C)(C)C.CC(C)(C)C1CCCC2(CCCCC2)C1.CC1CCCCC1CCCCC(C)(C)C.CCC(C)(C)C.CCC(C)C(C)(C)C.CCC(CCC(C)(C)C)C(C)C.CCCCCC(C)(C)C. The first-order valence-corrected chi connectivity index (χ1v) is 31.5. The van der Waals surface area contributed by atoms with Crippen molar-refractivity contribution in [2.24, 2.45) is 78.8 Å². The van der Waals surface area contributed by atoms with E-state index in [0.717, 1.165) is 40.9 Å². The van der Waals surface area contributed by atoms with Gasteiger partial charge in [-0.05, 0) is 137 Å². The lowest BCUT2D eigenvalue weighted by Gasteiger charge is -2.47. The second-order valence-electron chi connectivity index (χ2n) is 33.2. The molecule has 3 aliphatic rings. The van der Waals surface area contributed by atoms with E-state index in [-0.39, 0.29) is 0 Å². The van der Waals surface area contributed by atoms with E-state index in [1.54, 1.807) is 19.3 Å². The van der Waals surface area contributed by atoms with Crippen molar-refractivity contribution in [1.82, 2.24) is 0 Å². The topological polar surface area (TPSA) is 0 Å². The maximum absolute atomic E-state index is 2.47. The molecule has 0 N–H and O–H groups in total. The summed E-state index contributed by atoms with van der Waals surface area (Å²) in [6.45, 7) is 69.2. The van der Waals surface area contributed by atoms with Crippen molar-refractivity contribution in [2.75, 3.05) is 0 Å². The van der Waals surface area contributed by atoms with E-state index in [9.17, 15) is 0 Å². The number of unbranched alkanes of at least 4 members (excludes halogenated alkanes) is 3. The summed E-state index contributed by atoms with van der Waals surface area (Å²) in [6.07, 6.45) is 37.6. The van der Waals surface area contributed by atoms with E-state index in [4.69, 9.17) is 0 Å². The molecule has 0 radical (unpaired) electrons. The zero-order chi connectivity index (χ0) is 55.8. The summed E-state index contributed by atoms with van der Waals surface area (Å²) in [5, 5.41) is 0. The van der Waals surface area contributed by atoms with Gasteiger partial charge in [-0.3, -0.25) is 0 Å². The third-order valence-corrected chi connectivity index (χ3v) is 16.5. The van der Waals surface area contributed by atoms with Gasteiger partial charge in [-0.25, -0.2) is 0 Å². The average molecular weight is 990 g/mol. The van der Waals surface area contributed by atoms with E-state index in [1.165, 1.54) is 148 Å². The summed E-state index contributed by atoms with van der Waals surface area (Å²) in [5.74, 6) is 5.69. The molecule has 1 spiro atoms. The summed E-state index contributed by atoms with van der Waals surface area (Å²) < 4.78 is 0. The van der Waals surface area contributed by atoms with Crippen molar-refractivity contribution in [3.05, 3.63) is 0 Å². The molecule has 0 bridgehead atoms. The average Bonchev–Trinajstić information content (AvgIpc) is 3.19. The van der Waals surface area contributed by atoms with Crippen LogP contribution in [0.25, 0.3) is 0 Å². The second kappa shape index (κ2) is 37.7. The van der Waals surface area contributed by atoms with Crippen LogP contribution in [0.1, 0.15) is 375 Å². The monoisotopic (exact) mass is 989 g/mol. The summed E-state index contributed by atoms with van der Waals surface area (Å²) in [7, 11) is 0. The lowest BCUT2D eigenvalue weighted by molar-refractivity contribution is 0.0410. The predicted molar refractivity (Wildman–Crippen MR) is 331 cm³/mol. The van der Waals surface area contributed by atoms with Gasteiger partial charge in [0.05, 0.1) is 0 Å². The molecule has 428 valence electrons. The molecule has 3 fully saturated rings. The van der Waals surface area contributed by atoms with Gasteiger partial charge in [0.15, 0.2) is 0 Å². The summed E-state index contributed by atoms with van der Waals surface area (Å²) in [5.41, 5.74) is 4.49. The van der Waals surface area contributed by atoms with E-state index < -0.39 is 0 Å². The fraction of sp³-hybridized carbons (Fsp3) is 1.00. The van der Waals surface area contributed by atoms with Gasteiger partial charge in [0.25, 0.3) is 0 Å². The molecule has 70 heavy (non-hydrogen) atoms. The molecule has 0 aromatic heterocycles. The van der Waals surface area contributed by atoms with Crippen molar-refractivity contribution in [3.8, 4) is 0 Å². The van der Waals surface area contributed by atoms with Crippen LogP contribution in [0.5, 0.6) is 0 Å². The summed E-state index contributed by atoms with van der Waals surface area (Å²) >= 11 is 0. The lowest BCUT2D eigenvalue weighted by Crippen LogP contribution is -2.35. The number of hydrogen-bond donors (Lipinski definition) is 0. The molecule has 0 amide bonds. The Morgan fingerprint density at radius 3 is 1.23 bits per heavy atom. The van der Waals surface area contributed by atoms with Crippen LogP contribution in [0.15, 0.2) is 0 Å². The zero-order valence-corrected chi connectivity index (χ0v) is 55.8. The van der Waals surface area contributed by atoms with E-state index in [2.05, 4.69) is 208 Å². The minimum atomic E-state index is 0.500. The molecule has 0 saturated heterocycles. The highest BCUT2D eigenvalue weighted by Gasteiger charge is 2.40. The van der Waals surface area contributed by atoms with Crippen molar-refractivity contribution in [3.63, 3.8) is 0 Å². The van der Waals surface area contributed by atoms with Crippen LogP contribution in [0.2, 0.25) is 0 Å². The Morgan fingerprint density at radius 1 is 0.471 bits per heavy atom. The highest BCUT2D eigenvalue weighted by molar-refractivity contribution is 4.92. The Bertz CT molecular complexity index is 1110. The fourth-order valence-corrected chi connectivity index (χ4v) is 9.97. The molecule has 0 aliphatic heterocycles. The maximum Gasteiger partial charge on any atom is -0.0295 e. The highest BCUT2D eigenvalue weighted by Crippen LogP contribution is 2.53. The number of hydrogen-bond acceptors (Lipinski definition) is 0. The smallest absolute Gasteiger partial charge is 0.0295 e. The Labute approximate surface area is 451 Å². The van der Waals surface area contributed by atoms with Crippen LogP contribution in [-0.4, -0.2) is 0 Å². The molecule has 5 unspecified atom stereocenters. The van der Waals surface area contributed by atoms with Crippen molar-refractivity contribution in [1.29, 1.82) is 0 Å². The first-order chi connectivity index (χ1) is 31.5. The predicted octanol–water partition coefficient (Wildman–Crippen LogP) is 26.3. The van der Waals surface area contributed by atoms with Gasteiger partial charge in [-0.1, -0.05) is 317 Å². The van der Waals surface area contributed by atoms with Gasteiger partial charge in [0.2, 0.25) is 0 Å². The van der Waals surface area contributed by atoms with Crippen molar-refractivity contribution in [2.45, 2.75) is 375 Å². The normalized spacial score (nSPS) is 20.7. The molecule has 5 atom stereocenters. The Kier molecular flexibility index (Phi) is 41.2. The third kappa shape index (κ3) is 52.8. The second-order valence-corrected chi connectivity index (χ2v) is 33.2. The van der Waals surface area contributed by atoms with E-state index >= 15 is 0 Å². The molecule has 0 heteroatoms. The molecule has 3 aliphatic carbocycles. The summed E-state index contributed by atoms with van der Waals surface area (Å²) in [4.78, 5) is 0. The molecule has 0 nitrogen and oxygen atoms in total. The molecular weight excluding hydrogens is 841 g/mol. The standard InChI is InChI=1S/C15H28.C15H30.C12H26.C9H20.C8H18.C6H14.C5H12/c1-14(2,3)13-8-7-11-15(12-13)9-5-4-6-10-15;1-13-9-5-6-10-14(13)11-7-8-12-15(2,3)4;1-7-11(10(2)3)8-9-12(4,5)6;1-5-6-7-8-9(2,3)4;1-6-7(2)8(3,4)5;1-5-6(2,3)4;1-5(2,3)4/h13H,4-12H2,1-3H3;13-14H,5-12H2,1-4H3;10-11H,7-9H2,1-6H3;5-8H2,1-4H3;7H,6H2,1-5H3;5H2,1-4H3;1-4H3. The molecule has 3 saturated carbocycles. The molecule has 0 heterocycles. The van der Waals surface area contributed by atoms with Crippen LogP contribution >= 0.6 is 0 Å². The maximum atomic E-state index is 2.47. The van der Waals surface area contributed by atoms with Crippen LogP contribution in [0.4, 0.5) is 0 Å². The minimum Gasteiger partial charge on any atom is -0.0654 e. The van der Waals surface area contributed by atoms with Gasteiger partial charge >= 0.3 is 0 Å². The van der Waals surface area contributed by atoms with Crippen molar-refractivity contribution >= 4 is 0 Å². The van der Waals surface area contributed by atoms with Gasteiger partial charge in [0, 0.05) is 0 Å². The Hall–Kier alpha value is 0. The van der Waals surface area contributed by atoms with Crippen molar-refractivity contribution < 1.29 is 0 Å². The fourth-order valence-electron chi connectivity index (χ4n) is 9.97. The Morgan fingerprint density at radius 2 is 0.900 bits per heavy atom. The van der Waals surface area contributed by atoms with Crippen LogP contribution in [-0.2, 0) is 0 Å². The summed E-state index contributed by atoms with van der Waals surface area (Å²) in [6, 6.07) is 0. The molecular formula is C70H148. The van der Waals surface area contributed by atoms with Crippen LogP contribution < -0.4 is 0 Å². The molecule has 0 aromatic rings. The lowest BCUT2D eigenvalue weighted by atomic mass is 9.58. The van der Waals surface area contributed by atoms with E-state index in [1.807, 2.05) is 0 Å². The third-order valence-electron chi connectivity index (χ3n) is 16.5. The van der Waals surface area contributed by atoms with Crippen LogP contribution in [0, 0.1) is 78.8 Å². The molecule has 3 rings (SSSR count). The Balaban J connectivity index is -0.000000375. The largest absolute Gasteiger partial charge is 0.0654 e. The van der Waals surface area contributed by atoms with E-state index in [0.29, 0.717) is 37.9 Å². The van der Waals surface area contributed by atoms with Gasteiger partial charge in [-0.2, -0.15) is 0 Å². The number of rotatable bonds is 12. The first kappa shape index (κ1) is 76.5. The first-order valence-electron chi connectivity index (χ1n) is 31.5. The molecule has 0 aromatic carbocycles.